The van der Waals surface area contributed by atoms with Gasteiger partial charge in [0.1, 0.15) is 17.3 Å². The second-order valence-corrected chi connectivity index (χ2v) is 6.33. The summed E-state index contributed by atoms with van der Waals surface area (Å²) in [6.45, 7) is 2.63. The number of hydrogen-bond acceptors (Lipinski definition) is 2. The summed E-state index contributed by atoms with van der Waals surface area (Å²) in [6.07, 6.45) is 2.51. The van der Waals surface area contributed by atoms with Crippen LogP contribution in [0, 0.1) is 12.7 Å². The van der Waals surface area contributed by atoms with E-state index in [0.717, 1.165) is 27.9 Å². The standard InChI is InChI=1S/C17H17BrFNO/c1-11-8-14(19)4-7-16(11)21-17-9-13(18)3-2-12(17)10-20-15-5-6-15/h2-4,7-9,15,20H,5-6,10H2,1H3. The molecule has 0 atom stereocenters. The van der Waals surface area contributed by atoms with Gasteiger partial charge in [-0.25, -0.2) is 4.39 Å². The van der Waals surface area contributed by atoms with Gasteiger partial charge >= 0.3 is 0 Å². The molecule has 1 N–H and O–H groups in total. The first-order valence-electron chi connectivity index (χ1n) is 7.07. The Hall–Kier alpha value is -1.39. The Bertz CT molecular complexity index is 655. The summed E-state index contributed by atoms with van der Waals surface area (Å²) in [6, 6.07) is 11.2. The molecule has 1 aliphatic carbocycles. The van der Waals surface area contributed by atoms with Crippen molar-refractivity contribution in [3.8, 4) is 11.5 Å². The quantitative estimate of drug-likeness (QED) is 0.825. The number of nitrogens with one attached hydrogen (secondary N) is 1. The Labute approximate surface area is 132 Å². The maximum Gasteiger partial charge on any atom is 0.133 e. The summed E-state index contributed by atoms with van der Waals surface area (Å²) in [5.41, 5.74) is 1.89. The molecule has 0 radical (unpaired) electrons. The van der Waals surface area contributed by atoms with E-state index < -0.39 is 0 Å². The molecule has 21 heavy (non-hydrogen) atoms. The molecule has 0 unspecified atom stereocenters. The average molecular weight is 350 g/mol. The molecule has 4 heteroatoms. The van der Waals surface area contributed by atoms with Crippen molar-refractivity contribution in [3.05, 3.63) is 57.8 Å². The Morgan fingerprint density at radius 2 is 2.00 bits per heavy atom. The van der Waals surface area contributed by atoms with Crippen LogP contribution in [0.2, 0.25) is 0 Å². The molecule has 2 nitrogen and oxygen atoms in total. The lowest BCUT2D eigenvalue weighted by Crippen LogP contribution is -2.15. The zero-order valence-electron chi connectivity index (χ0n) is 11.8. The zero-order chi connectivity index (χ0) is 14.8. The van der Waals surface area contributed by atoms with Crippen molar-refractivity contribution in [3.63, 3.8) is 0 Å². The molecule has 110 valence electrons. The van der Waals surface area contributed by atoms with Crippen LogP contribution in [-0.2, 0) is 6.54 Å². The topological polar surface area (TPSA) is 21.3 Å². The predicted octanol–water partition coefficient (Wildman–Crippen LogP) is 4.94. The summed E-state index contributed by atoms with van der Waals surface area (Å²) in [4.78, 5) is 0. The van der Waals surface area contributed by atoms with Crippen molar-refractivity contribution in [1.29, 1.82) is 0 Å². The van der Waals surface area contributed by atoms with Crippen molar-refractivity contribution in [2.75, 3.05) is 0 Å². The molecular formula is C17H17BrFNO. The fraction of sp³-hybridized carbons (Fsp3) is 0.294. The largest absolute Gasteiger partial charge is 0.457 e. The van der Waals surface area contributed by atoms with Crippen LogP contribution in [0.5, 0.6) is 11.5 Å². The molecular weight excluding hydrogens is 333 g/mol. The maximum atomic E-state index is 13.2. The van der Waals surface area contributed by atoms with Gasteiger partial charge in [-0.05, 0) is 55.7 Å². The smallest absolute Gasteiger partial charge is 0.133 e. The number of benzene rings is 2. The Morgan fingerprint density at radius 3 is 2.71 bits per heavy atom. The number of aryl methyl sites for hydroxylation is 1. The summed E-state index contributed by atoms with van der Waals surface area (Å²) in [5, 5.41) is 3.49. The lowest BCUT2D eigenvalue weighted by atomic mass is 10.2. The van der Waals surface area contributed by atoms with Crippen LogP contribution < -0.4 is 10.1 Å². The SMILES string of the molecule is Cc1cc(F)ccc1Oc1cc(Br)ccc1CNC1CC1. The molecule has 0 bridgehead atoms. The van der Waals surface area contributed by atoms with Gasteiger partial charge in [0, 0.05) is 22.6 Å². The van der Waals surface area contributed by atoms with E-state index in [0.29, 0.717) is 11.8 Å². The first-order chi connectivity index (χ1) is 10.1. The van der Waals surface area contributed by atoms with Gasteiger partial charge in [-0.2, -0.15) is 0 Å². The molecule has 2 aromatic rings. The van der Waals surface area contributed by atoms with E-state index in [1.54, 1.807) is 6.07 Å². The number of ether oxygens (including phenoxy) is 1. The molecule has 0 saturated heterocycles. The molecule has 0 aliphatic heterocycles. The Kier molecular flexibility index (Phi) is 4.27. The van der Waals surface area contributed by atoms with E-state index in [1.165, 1.54) is 25.0 Å². The first-order valence-corrected chi connectivity index (χ1v) is 7.87. The predicted molar refractivity (Wildman–Crippen MR) is 85.2 cm³/mol. The molecule has 0 amide bonds. The second kappa shape index (κ2) is 6.16. The van der Waals surface area contributed by atoms with Crippen LogP contribution in [0.15, 0.2) is 40.9 Å². The molecule has 3 rings (SSSR count). The lowest BCUT2D eigenvalue weighted by molar-refractivity contribution is 0.466. The maximum absolute atomic E-state index is 13.2. The van der Waals surface area contributed by atoms with Crippen LogP contribution >= 0.6 is 15.9 Å². The van der Waals surface area contributed by atoms with Gasteiger partial charge < -0.3 is 10.1 Å². The third-order valence-electron chi connectivity index (χ3n) is 3.54. The molecule has 0 heterocycles. The van der Waals surface area contributed by atoms with Crippen molar-refractivity contribution in [2.45, 2.75) is 32.4 Å². The van der Waals surface area contributed by atoms with Gasteiger partial charge in [0.2, 0.25) is 0 Å². The third kappa shape index (κ3) is 3.83. The zero-order valence-corrected chi connectivity index (χ0v) is 13.4. The van der Waals surface area contributed by atoms with E-state index in [9.17, 15) is 4.39 Å². The average Bonchev–Trinajstić information content (AvgIpc) is 3.25. The summed E-state index contributed by atoms with van der Waals surface area (Å²) in [7, 11) is 0. The molecule has 1 saturated carbocycles. The van der Waals surface area contributed by atoms with Crippen molar-refractivity contribution in [1.82, 2.24) is 5.32 Å². The van der Waals surface area contributed by atoms with Crippen molar-refractivity contribution < 1.29 is 9.13 Å². The van der Waals surface area contributed by atoms with Crippen molar-refractivity contribution >= 4 is 15.9 Å². The van der Waals surface area contributed by atoms with E-state index in [4.69, 9.17) is 4.74 Å². The first kappa shape index (κ1) is 14.5. The molecule has 0 spiro atoms. The van der Waals surface area contributed by atoms with E-state index >= 15 is 0 Å². The molecule has 1 aliphatic rings. The van der Waals surface area contributed by atoms with Crippen molar-refractivity contribution in [2.24, 2.45) is 0 Å². The van der Waals surface area contributed by atoms with Crippen LogP contribution in [0.1, 0.15) is 24.0 Å². The lowest BCUT2D eigenvalue weighted by Gasteiger charge is -2.14. The van der Waals surface area contributed by atoms with Gasteiger partial charge in [0.05, 0.1) is 0 Å². The fourth-order valence-electron chi connectivity index (χ4n) is 2.16. The van der Waals surface area contributed by atoms with Gasteiger partial charge in [-0.1, -0.05) is 22.0 Å². The van der Waals surface area contributed by atoms with Crippen LogP contribution in [0.25, 0.3) is 0 Å². The van der Waals surface area contributed by atoms with E-state index in [-0.39, 0.29) is 5.82 Å². The highest BCUT2D eigenvalue weighted by Crippen LogP contribution is 2.31. The number of rotatable bonds is 5. The van der Waals surface area contributed by atoms with Gasteiger partial charge in [0.25, 0.3) is 0 Å². The van der Waals surface area contributed by atoms with E-state index in [1.807, 2.05) is 25.1 Å². The minimum absolute atomic E-state index is 0.246. The van der Waals surface area contributed by atoms with Gasteiger partial charge in [-0.3, -0.25) is 0 Å². The minimum Gasteiger partial charge on any atom is -0.457 e. The Morgan fingerprint density at radius 1 is 1.19 bits per heavy atom. The highest BCUT2D eigenvalue weighted by atomic mass is 79.9. The fourth-order valence-corrected chi connectivity index (χ4v) is 2.50. The summed E-state index contributed by atoms with van der Waals surface area (Å²) < 4.78 is 20.1. The van der Waals surface area contributed by atoms with Crippen LogP contribution in [0.3, 0.4) is 0 Å². The van der Waals surface area contributed by atoms with Crippen LogP contribution in [-0.4, -0.2) is 6.04 Å². The summed E-state index contributed by atoms with van der Waals surface area (Å²) >= 11 is 3.47. The van der Waals surface area contributed by atoms with Gasteiger partial charge in [0.15, 0.2) is 0 Å². The highest BCUT2D eigenvalue weighted by Gasteiger charge is 2.20. The molecule has 1 fully saturated rings. The molecule has 0 aromatic heterocycles. The van der Waals surface area contributed by atoms with E-state index in [2.05, 4.69) is 21.2 Å². The minimum atomic E-state index is -0.246. The number of halogens is 2. The normalized spacial score (nSPS) is 14.2. The molecule has 2 aromatic carbocycles. The van der Waals surface area contributed by atoms with Crippen LogP contribution in [0.4, 0.5) is 4.39 Å². The second-order valence-electron chi connectivity index (χ2n) is 5.42. The Balaban J connectivity index is 1.83. The summed E-state index contributed by atoms with van der Waals surface area (Å²) in [5.74, 6) is 1.24. The van der Waals surface area contributed by atoms with Gasteiger partial charge in [-0.15, -0.1) is 0 Å². The third-order valence-corrected chi connectivity index (χ3v) is 4.04. The number of hydrogen-bond donors (Lipinski definition) is 1. The monoisotopic (exact) mass is 349 g/mol. The highest BCUT2D eigenvalue weighted by molar-refractivity contribution is 9.10.